The number of hydrogen-bond acceptors (Lipinski definition) is 7. The summed E-state index contributed by atoms with van der Waals surface area (Å²) in [5.41, 5.74) is 3.11. The van der Waals surface area contributed by atoms with E-state index in [1.165, 1.54) is 32.6 Å². The summed E-state index contributed by atoms with van der Waals surface area (Å²) in [6.07, 6.45) is 3.95. The third kappa shape index (κ3) is 9.25. The lowest BCUT2D eigenvalue weighted by Crippen LogP contribution is -2.53. The third-order valence-corrected chi connectivity index (χ3v) is 9.49. The number of rotatable bonds is 10. The molecule has 3 aromatic carbocycles. The lowest BCUT2D eigenvalue weighted by molar-refractivity contribution is -0.131. The van der Waals surface area contributed by atoms with Gasteiger partial charge < -0.3 is 29.9 Å². The van der Waals surface area contributed by atoms with Crippen molar-refractivity contribution >= 4 is 34.5 Å². The molecule has 3 unspecified atom stereocenters. The fraction of sp³-hybridized carbons (Fsp3) is 0.390. The summed E-state index contributed by atoms with van der Waals surface area (Å²) in [6, 6.07) is 25.0. The number of amides is 4. The fourth-order valence-electron chi connectivity index (χ4n) is 6.91. The summed E-state index contributed by atoms with van der Waals surface area (Å²) < 4.78 is 11.3. The predicted molar refractivity (Wildman–Crippen MR) is 200 cm³/mol. The molecule has 3 heterocycles. The standard InChI is InChI=1S/C32H37N5O6.C9H12/c1-19(2)43-27-10-9-21(12-28(27)42-4)31(40)36-15-23-16-37(18-25(24(23)17-36)30(39)35-14-29(38)33-3)32(41)22-11-20-7-5-6-8-26(20)34-13-22;1-2-6-9-7-4-3-5-8-9/h5-13,19,23-25H,14-18H2,1-4H3,(H,33,38)(H,35,39);3-5,7-8H,2,6H2,1H3. The van der Waals surface area contributed by atoms with Gasteiger partial charge in [0.2, 0.25) is 11.8 Å². The number of nitrogens with zero attached hydrogens (tertiary/aromatic N) is 3. The van der Waals surface area contributed by atoms with Crippen LogP contribution in [0.1, 0.15) is 53.5 Å². The van der Waals surface area contributed by atoms with Crippen molar-refractivity contribution in [2.45, 2.75) is 39.7 Å². The maximum Gasteiger partial charge on any atom is 0.255 e. The molecule has 0 bridgehead atoms. The van der Waals surface area contributed by atoms with E-state index in [1.807, 2.05) is 44.2 Å². The topological polar surface area (TPSA) is 130 Å². The normalized spacial score (nSPS) is 17.8. The van der Waals surface area contributed by atoms with Crippen molar-refractivity contribution in [1.82, 2.24) is 25.4 Å². The zero-order valence-electron chi connectivity index (χ0n) is 30.6. The number of aryl methyl sites for hydroxylation is 1. The van der Waals surface area contributed by atoms with Crippen LogP contribution in [0.4, 0.5) is 0 Å². The maximum absolute atomic E-state index is 13.7. The molecule has 0 saturated carbocycles. The van der Waals surface area contributed by atoms with Gasteiger partial charge in [0.05, 0.1) is 36.8 Å². The van der Waals surface area contributed by atoms with Crippen LogP contribution < -0.4 is 20.1 Å². The van der Waals surface area contributed by atoms with Crippen LogP contribution in [0.15, 0.2) is 85.1 Å². The highest BCUT2D eigenvalue weighted by Crippen LogP contribution is 2.37. The van der Waals surface area contributed by atoms with Gasteiger partial charge in [-0.3, -0.25) is 24.2 Å². The zero-order valence-corrected chi connectivity index (χ0v) is 30.6. The lowest BCUT2D eigenvalue weighted by atomic mass is 9.79. The molecular weight excluding hydrogens is 658 g/mol. The Morgan fingerprint density at radius 2 is 1.54 bits per heavy atom. The lowest BCUT2D eigenvalue weighted by Gasteiger charge is -2.39. The van der Waals surface area contributed by atoms with Crippen molar-refractivity contribution in [1.29, 1.82) is 0 Å². The number of carbonyl (C=O) groups excluding carboxylic acids is 4. The maximum atomic E-state index is 13.7. The van der Waals surface area contributed by atoms with Crippen molar-refractivity contribution < 1.29 is 28.7 Å². The molecule has 6 rings (SSSR count). The van der Waals surface area contributed by atoms with Gasteiger partial charge in [0.15, 0.2) is 11.5 Å². The molecule has 2 aliphatic heterocycles. The number of ether oxygens (including phenoxy) is 2. The van der Waals surface area contributed by atoms with E-state index in [2.05, 4.69) is 52.9 Å². The van der Waals surface area contributed by atoms with Gasteiger partial charge in [0.25, 0.3) is 11.8 Å². The van der Waals surface area contributed by atoms with Crippen LogP contribution in [0.5, 0.6) is 11.5 Å². The van der Waals surface area contributed by atoms with Crippen LogP contribution in [0.25, 0.3) is 10.9 Å². The number of benzene rings is 3. The molecule has 1 aromatic heterocycles. The number of aromatic nitrogens is 1. The van der Waals surface area contributed by atoms with Gasteiger partial charge in [0.1, 0.15) is 0 Å². The molecule has 2 aliphatic rings. The second-order valence-corrected chi connectivity index (χ2v) is 13.5. The van der Waals surface area contributed by atoms with Crippen LogP contribution in [0.2, 0.25) is 0 Å². The SMILES string of the molecule is CCCc1ccccc1.CNC(=O)CNC(=O)C1CN(C(=O)c2cnc3ccccc3c2)CC2CN(C(=O)c3ccc(OC(C)C)c(OC)c3)CC21. The summed E-state index contributed by atoms with van der Waals surface area (Å²) >= 11 is 0. The summed E-state index contributed by atoms with van der Waals surface area (Å²) in [6.45, 7) is 7.16. The zero-order chi connectivity index (χ0) is 37.2. The van der Waals surface area contributed by atoms with Crippen molar-refractivity contribution in [3.8, 4) is 11.5 Å². The third-order valence-electron chi connectivity index (χ3n) is 9.49. The van der Waals surface area contributed by atoms with Gasteiger partial charge in [-0.05, 0) is 68.0 Å². The first-order valence-corrected chi connectivity index (χ1v) is 17.9. The molecule has 2 N–H and O–H groups in total. The number of fused-ring (bicyclic) bond motifs is 2. The molecule has 0 radical (unpaired) electrons. The smallest absolute Gasteiger partial charge is 0.255 e. The van der Waals surface area contributed by atoms with E-state index in [4.69, 9.17) is 9.47 Å². The van der Waals surface area contributed by atoms with Crippen LogP contribution in [-0.4, -0.2) is 91.4 Å². The first kappa shape index (κ1) is 37.8. The van der Waals surface area contributed by atoms with E-state index in [-0.39, 0.29) is 54.7 Å². The minimum Gasteiger partial charge on any atom is -0.493 e. The molecule has 4 aromatic rings. The number of likely N-dealkylation sites (tertiary alicyclic amines) is 2. The molecule has 4 amide bonds. The Bertz CT molecular complexity index is 1870. The number of para-hydroxylation sites is 1. The summed E-state index contributed by atoms with van der Waals surface area (Å²) in [5.74, 6) is -0.959. The number of pyridine rings is 1. The van der Waals surface area contributed by atoms with Crippen molar-refractivity contribution in [3.63, 3.8) is 0 Å². The Balaban J connectivity index is 0.000000507. The molecule has 0 aliphatic carbocycles. The van der Waals surface area contributed by atoms with Crippen LogP contribution >= 0.6 is 0 Å². The Hall–Kier alpha value is -5.45. The fourth-order valence-corrected chi connectivity index (χ4v) is 6.91. The van der Waals surface area contributed by atoms with Gasteiger partial charge in [-0.2, -0.15) is 0 Å². The largest absolute Gasteiger partial charge is 0.493 e. The summed E-state index contributed by atoms with van der Waals surface area (Å²) in [5, 5.41) is 6.06. The number of piperidine rings is 1. The molecular formula is C41H49N5O6. The van der Waals surface area contributed by atoms with Crippen LogP contribution in [0.3, 0.4) is 0 Å². The second-order valence-electron chi connectivity index (χ2n) is 13.5. The van der Waals surface area contributed by atoms with Crippen molar-refractivity contribution in [2.75, 3.05) is 46.9 Å². The van der Waals surface area contributed by atoms with Crippen molar-refractivity contribution in [2.24, 2.45) is 17.8 Å². The minimum absolute atomic E-state index is 0.0558. The first-order chi connectivity index (χ1) is 25.1. The van der Waals surface area contributed by atoms with E-state index in [9.17, 15) is 19.2 Å². The monoisotopic (exact) mass is 707 g/mol. The van der Waals surface area contributed by atoms with Gasteiger partial charge in [-0.1, -0.05) is 61.9 Å². The highest BCUT2D eigenvalue weighted by molar-refractivity contribution is 5.98. The molecule has 2 fully saturated rings. The molecule has 0 spiro atoms. The summed E-state index contributed by atoms with van der Waals surface area (Å²) in [4.78, 5) is 60.5. The highest BCUT2D eigenvalue weighted by Gasteiger charge is 2.48. The van der Waals surface area contributed by atoms with E-state index < -0.39 is 5.92 Å². The second kappa shape index (κ2) is 17.7. The van der Waals surface area contributed by atoms with E-state index in [0.29, 0.717) is 42.3 Å². The molecule has 11 heteroatoms. The average Bonchev–Trinajstić information content (AvgIpc) is 3.61. The van der Waals surface area contributed by atoms with E-state index in [1.54, 1.807) is 34.2 Å². The molecule has 2 saturated heterocycles. The Kier molecular flexibility index (Phi) is 12.8. The van der Waals surface area contributed by atoms with Crippen molar-refractivity contribution in [3.05, 3.63) is 102 Å². The van der Waals surface area contributed by atoms with E-state index in [0.717, 1.165) is 10.9 Å². The Morgan fingerprint density at radius 3 is 2.23 bits per heavy atom. The Morgan fingerprint density at radius 1 is 0.846 bits per heavy atom. The van der Waals surface area contributed by atoms with Gasteiger partial charge >= 0.3 is 0 Å². The molecule has 52 heavy (non-hydrogen) atoms. The van der Waals surface area contributed by atoms with Gasteiger partial charge in [0, 0.05) is 50.4 Å². The van der Waals surface area contributed by atoms with Crippen LogP contribution in [-0.2, 0) is 16.0 Å². The number of hydrogen-bond donors (Lipinski definition) is 2. The van der Waals surface area contributed by atoms with E-state index >= 15 is 0 Å². The molecule has 274 valence electrons. The predicted octanol–water partition coefficient (Wildman–Crippen LogP) is 4.99. The Labute approximate surface area is 305 Å². The number of methoxy groups -OCH3 is 1. The van der Waals surface area contributed by atoms with Crippen LogP contribution in [0, 0.1) is 17.8 Å². The summed E-state index contributed by atoms with van der Waals surface area (Å²) in [7, 11) is 3.03. The average molecular weight is 708 g/mol. The first-order valence-electron chi connectivity index (χ1n) is 17.9. The molecule has 11 nitrogen and oxygen atoms in total. The minimum atomic E-state index is -0.602. The number of nitrogens with one attached hydrogen (secondary N) is 2. The molecule has 3 atom stereocenters. The number of carbonyl (C=O) groups is 4. The van der Waals surface area contributed by atoms with Gasteiger partial charge in [-0.15, -0.1) is 0 Å². The van der Waals surface area contributed by atoms with Gasteiger partial charge in [-0.25, -0.2) is 0 Å². The quantitative estimate of drug-likeness (QED) is 0.238. The number of likely N-dealkylation sites (N-methyl/N-ethyl adjacent to an activating group) is 1. The highest BCUT2D eigenvalue weighted by atomic mass is 16.5.